The van der Waals surface area contributed by atoms with E-state index in [1.807, 2.05) is 26.8 Å². The lowest BCUT2D eigenvalue weighted by Gasteiger charge is -2.47. The van der Waals surface area contributed by atoms with Gasteiger partial charge in [-0.05, 0) is 57.0 Å². The first-order valence-electron chi connectivity index (χ1n) is 13.9. The number of hydrogen-bond acceptors (Lipinski definition) is 7. The molecule has 218 valence electrons. The third kappa shape index (κ3) is 5.63. The van der Waals surface area contributed by atoms with Crippen molar-refractivity contribution in [1.29, 1.82) is 0 Å². The van der Waals surface area contributed by atoms with Crippen LogP contribution < -0.4 is 4.90 Å². The fourth-order valence-electron chi connectivity index (χ4n) is 5.52. The van der Waals surface area contributed by atoms with Gasteiger partial charge < -0.3 is 24.5 Å². The standard InChI is InChI=1S/C30H37FN6O4/c1-18(2)26(38)29(40)34-11-12-36(30(5,6)17-34)28(39)24-16-37-27(32-24)25(35-14-19(3)41-20(4)15-35)13-23(33-37)21-7-9-22(31)10-8-21/h7-10,13,16,18,20,26,38H,3,11-12,14-15,17H2,1-2,4-6H3/t20-,26-/m1/s1. The lowest BCUT2D eigenvalue weighted by atomic mass is 9.96. The summed E-state index contributed by atoms with van der Waals surface area (Å²) in [5, 5.41) is 15.0. The van der Waals surface area contributed by atoms with E-state index in [0.29, 0.717) is 49.8 Å². The number of aromatic nitrogens is 3. The van der Waals surface area contributed by atoms with Gasteiger partial charge in [-0.2, -0.15) is 5.10 Å². The second kappa shape index (κ2) is 10.8. The minimum absolute atomic E-state index is 0.0937. The molecule has 10 nitrogen and oxygen atoms in total. The molecule has 4 heterocycles. The normalized spacial score (nSPS) is 20.0. The van der Waals surface area contributed by atoms with Crippen molar-refractivity contribution < 1.29 is 23.8 Å². The lowest BCUT2D eigenvalue weighted by Crippen LogP contribution is -2.63. The summed E-state index contributed by atoms with van der Waals surface area (Å²) in [6.07, 6.45) is 0.442. The second-order valence-electron chi connectivity index (χ2n) is 11.9. The van der Waals surface area contributed by atoms with Crippen molar-refractivity contribution in [2.45, 2.75) is 52.4 Å². The molecule has 2 atom stereocenters. The van der Waals surface area contributed by atoms with Gasteiger partial charge in [-0.3, -0.25) is 9.59 Å². The summed E-state index contributed by atoms with van der Waals surface area (Å²) in [5.41, 5.74) is 2.13. The molecule has 0 radical (unpaired) electrons. The van der Waals surface area contributed by atoms with E-state index in [2.05, 4.69) is 11.5 Å². The van der Waals surface area contributed by atoms with Gasteiger partial charge >= 0.3 is 0 Å². The number of morpholine rings is 1. The Balaban J connectivity index is 1.50. The summed E-state index contributed by atoms with van der Waals surface area (Å²) >= 11 is 0. The van der Waals surface area contributed by atoms with Gasteiger partial charge in [-0.1, -0.05) is 20.4 Å². The van der Waals surface area contributed by atoms with E-state index in [1.165, 1.54) is 12.1 Å². The summed E-state index contributed by atoms with van der Waals surface area (Å²) in [4.78, 5) is 36.9. The van der Waals surface area contributed by atoms with Gasteiger partial charge in [0.05, 0.1) is 36.2 Å². The number of piperazine rings is 1. The molecule has 2 fully saturated rings. The van der Waals surface area contributed by atoms with Crippen LogP contribution in [0.25, 0.3) is 16.9 Å². The van der Waals surface area contributed by atoms with Gasteiger partial charge in [-0.25, -0.2) is 13.9 Å². The van der Waals surface area contributed by atoms with Crippen LogP contribution in [0, 0.1) is 11.7 Å². The number of carbonyl (C=O) groups excluding carboxylic acids is 2. The number of carbonyl (C=O) groups is 2. The van der Waals surface area contributed by atoms with Crippen LogP contribution in [-0.4, -0.2) is 91.8 Å². The Morgan fingerprint density at radius 3 is 2.54 bits per heavy atom. The minimum Gasteiger partial charge on any atom is -0.492 e. The Labute approximate surface area is 239 Å². The van der Waals surface area contributed by atoms with E-state index < -0.39 is 11.6 Å². The molecule has 0 aliphatic carbocycles. The number of benzene rings is 1. The number of imidazole rings is 1. The van der Waals surface area contributed by atoms with E-state index in [-0.39, 0.29) is 35.3 Å². The molecule has 11 heteroatoms. The fourth-order valence-corrected chi connectivity index (χ4v) is 5.52. The minimum atomic E-state index is -1.08. The van der Waals surface area contributed by atoms with Crippen LogP contribution in [0.5, 0.6) is 0 Å². The molecule has 41 heavy (non-hydrogen) atoms. The van der Waals surface area contributed by atoms with Gasteiger partial charge in [0.2, 0.25) is 0 Å². The topological polar surface area (TPSA) is 104 Å². The van der Waals surface area contributed by atoms with Gasteiger partial charge in [0.25, 0.3) is 11.8 Å². The van der Waals surface area contributed by atoms with Gasteiger partial charge in [0, 0.05) is 25.2 Å². The van der Waals surface area contributed by atoms with Crippen LogP contribution in [0.15, 0.2) is 48.9 Å². The quantitative estimate of drug-likeness (QED) is 0.507. The molecular formula is C30H37FN6O4. The number of hydrogen-bond donors (Lipinski definition) is 1. The van der Waals surface area contributed by atoms with Crippen LogP contribution in [0.1, 0.15) is 45.1 Å². The SMILES string of the molecule is C=C1CN(c2cc(-c3ccc(F)cc3)nn3cc(C(=O)N4CCN(C(=O)[C@H](O)C(C)C)CC4(C)C)nc23)C[C@@H](C)O1. The number of halogens is 1. The number of aliphatic hydroxyl groups is 1. The maximum absolute atomic E-state index is 13.9. The van der Waals surface area contributed by atoms with Crippen molar-refractivity contribution >= 4 is 23.1 Å². The molecule has 0 unspecified atom stereocenters. The highest BCUT2D eigenvalue weighted by atomic mass is 19.1. The highest BCUT2D eigenvalue weighted by Crippen LogP contribution is 2.31. The number of aliphatic hydroxyl groups excluding tert-OH is 1. The number of fused-ring (bicyclic) bond motifs is 1. The lowest BCUT2D eigenvalue weighted by molar-refractivity contribution is -0.146. The first-order valence-corrected chi connectivity index (χ1v) is 13.9. The summed E-state index contributed by atoms with van der Waals surface area (Å²) in [7, 11) is 0. The first-order chi connectivity index (χ1) is 19.3. The highest BCUT2D eigenvalue weighted by molar-refractivity contribution is 5.94. The van der Waals surface area contributed by atoms with Gasteiger partial charge in [0.15, 0.2) is 5.65 Å². The van der Waals surface area contributed by atoms with Crippen LogP contribution in [0.3, 0.4) is 0 Å². The van der Waals surface area contributed by atoms with Gasteiger partial charge in [-0.15, -0.1) is 0 Å². The number of rotatable bonds is 5. The van der Waals surface area contributed by atoms with E-state index in [9.17, 15) is 19.1 Å². The molecule has 1 aromatic carbocycles. The molecule has 1 N–H and O–H groups in total. The van der Waals surface area contributed by atoms with E-state index in [0.717, 1.165) is 11.3 Å². The Morgan fingerprint density at radius 2 is 1.90 bits per heavy atom. The average molecular weight is 565 g/mol. The Bertz CT molecular complexity index is 1480. The molecule has 0 bridgehead atoms. The predicted octanol–water partition coefficient (Wildman–Crippen LogP) is 3.35. The second-order valence-corrected chi connectivity index (χ2v) is 11.9. The fraction of sp³-hybridized carbons (Fsp3) is 0.467. The Morgan fingerprint density at radius 1 is 1.20 bits per heavy atom. The number of anilines is 1. The van der Waals surface area contributed by atoms with Crippen LogP contribution in [-0.2, 0) is 9.53 Å². The molecule has 2 aliphatic rings. The number of ether oxygens (including phenoxy) is 1. The Hall–Kier alpha value is -3.99. The zero-order valence-corrected chi connectivity index (χ0v) is 24.2. The van der Waals surface area contributed by atoms with Crippen LogP contribution in [0.2, 0.25) is 0 Å². The highest BCUT2D eigenvalue weighted by Gasteiger charge is 2.41. The summed E-state index contributed by atoms with van der Waals surface area (Å²) in [5.74, 6) is -0.507. The average Bonchev–Trinajstić information content (AvgIpc) is 3.35. The van der Waals surface area contributed by atoms with Crippen LogP contribution >= 0.6 is 0 Å². The number of amides is 2. The zero-order chi connectivity index (χ0) is 29.6. The Kier molecular flexibility index (Phi) is 7.50. The molecular weight excluding hydrogens is 527 g/mol. The van der Waals surface area contributed by atoms with Gasteiger partial charge in [0.1, 0.15) is 29.5 Å². The molecule has 2 aliphatic heterocycles. The smallest absolute Gasteiger partial charge is 0.274 e. The van der Waals surface area contributed by atoms with Crippen molar-refractivity contribution in [3.63, 3.8) is 0 Å². The maximum Gasteiger partial charge on any atom is 0.274 e. The van der Waals surface area contributed by atoms with E-state index >= 15 is 0 Å². The molecule has 5 rings (SSSR count). The van der Waals surface area contributed by atoms with Crippen molar-refractivity contribution in [1.82, 2.24) is 24.4 Å². The summed E-state index contributed by atoms with van der Waals surface area (Å²) in [6.45, 7) is 15.3. The van der Waals surface area contributed by atoms with E-state index in [1.54, 1.807) is 46.5 Å². The van der Waals surface area contributed by atoms with Crippen molar-refractivity contribution in [3.8, 4) is 11.3 Å². The van der Waals surface area contributed by atoms with Crippen LogP contribution in [0.4, 0.5) is 10.1 Å². The maximum atomic E-state index is 13.9. The number of nitrogens with zero attached hydrogens (tertiary/aromatic N) is 6. The van der Waals surface area contributed by atoms with Crippen molar-refractivity contribution in [2.75, 3.05) is 37.6 Å². The monoisotopic (exact) mass is 564 g/mol. The molecule has 2 aromatic heterocycles. The molecule has 0 saturated carbocycles. The third-order valence-corrected chi connectivity index (χ3v) is 7.66. The van der Waals surface area contributed by atoms with Crippen molar-refractivity contribution in [3.05, 3.63) is 60.4 Å². The predicted molar refractivity (Wildman–Crippen MR) is 153 cm³/mol. The molecule has 3 aromatic rings. The first kappa shape index (κ1) is 28.5. The summed E-state index contributed by atoms with van der Waals surface area (Å²) in [6, 6.07) is 7.99. The molecule has 2 amide bonds. The van der Waals surface area contributed by atoms with E-state index in [4.69, 9.17) is 14.8 Å². The largest absolute Gasteiger partial charge is 0.492 e. The summed E-state index contributed by atoms with van der Waals surface area (Å²) < 4.78 is 21.0. The van der Waals surface area contributed by atoms with Crippen molar-refractivity contribution in [2.24, 2.45) is 5.92 Å². The third-order valence-electron chi connectivity index (χ3n) is 7.66. The zero-order valence-electron chi connectivity index (χ0n) is 24.2. The molecule has 0 spiro atoms. The molecule has 2 saturated heterocycles.